The van der Waals surface area contributed by atoms with Crippen LogP contribution in [0.1, 0.15) is 0 Å². The minimum Gasteiger partial charge on any atom is -0.338 e. The average Bonchev–Trinajstić information content (AvgIpc) is 2.49. The molecule has 0 aliphatic carbocycles. The van der Waals surface area contributed by atoms with Crippen molar-refractivity contribution in [1.29, 1.82) is 0 Å². The van der Waals surface area contributed by atoms with Crippen LogP contribution in [-0.4, -0.2) is 33.3 Å². The summed E-state index contributed by atoms with van der Waals surface area (Å²) in [5.74, 6) is 0.338. The van der Waals surface area contributed by atoms with Crippen molar-refractivity contribution in [3.63, 3.8) is 0 Å². The van der Waals surface area contributed by atoms with E-state index in [1.165, 1.54) is 6.20 Å². The largest absolute Gasteiger partial charge is 0.338 e. The number of nitrogens with one attached hydrogen (secondary N) is 1. The van der Waals surface area contributed by atoms with Crippen molar-refractivity contribution in [2.75, 3.05) is 18.6 Å². The molecule has 0 fully saturated rings. The lowest BCUT2D eigenvalue weighted by Gasteiger charge is -2.17. The minimum absolute atomic E-state index is 0.0650. The molecule has 0 atom stereocenters. The van der Waals surface area contributed by atoms with Crippen LogP contribution in [0, 0.1) is 0 Å². The second-order valence-corrected chi connectivity index (χ2v) is 9.09. The monoisotopic (exact) mass is 367 g/mol. The smallest absolute Gasteiger partial charge is 0.224 e. The van der Waals surface area contributed by atoms with E-state index >= 15 is 0 Å². The Balaban J connectivity index is 2.21. The molecule has 0 amide bonds. The van der Waals surface area contributed by atoms with Crippen LogP contribution in [0.25, 0.3) is 11.0 Å². The Morgan fingerprint density at radius 1 is 1.09 bits per heavy atom. The second-order valence-electron chi connectivity index (χ2n) is 5.20. The van der Waals surface area contributed by atoms with E-state index in [0.29, 0.717) is 32.9 Å². The van der Waals surface area contributed by atoms with Gasteiger partial charge in [0.1, 0.15) is 17.7 Å². The van der Waals surface area contributed by atoms with Crippen LogP contribution < -0.4 is 10.6 Å². The summed E-state index contributed by atoms with van der Waals surface area (Å²) in [5.41, 5.74) is 1.86. The summed E-state index contributed by atoms with van der Waals surface area (Å²) in [7, 11) is -2.65. The van der Waals surface area contributed by atoms with E-state index < -0.39 is 7.14 Å². The van der Waals surface area contributed by atoms with Gasteiger partial charge in [-0.3, -0.25) is 9.97 Å². The van der Waals surface area contributed by atoms with Crippen molar-refractivity contribution in [2.45, 2.75) is 0 Å². The van der Waals surface area contributed by atoms with E-state index in [9.17, 15) is 4.57 Å². The highest BCUT2D eigenvalue weighted by Gasteiger charge is 2.22. The van der Waals surface area contributed by atoms with E-state index in [1.54, 1.807) is 37.9 Å². The Bertz CT molecular complexity index is 944. The molecule has 1 N–H and O–H groups in total. The Morgan fingerprint density at radius 3 is 2.57 bits per heavy atom. The van der Waals surface area contributed by atoms with Gasteiger partial charge in [0.25, 0.3) is 0 Å². The van der Waals surface area contributed by atoms with Crippen LogP contribution in [0.2, 0.25) is 10.3 Å². The topological polar surface area (TPSA) is 80.7 Å². The third kappa shape index (κ3) is 3.29. The van der Waals surface area contributed by atoms with Crippen LogP contribution in [-0.2, 0) is 4.57 Å². The fraction of sp³-hybridized carbons (Fsp3) is 0.143. The van der Waals surface area contributed by atoms with Gasteiger partial charge in [-0.15, -0.1) is 0 Å². The van der Waals surface area contributed by atoms with Gasteiger partial charge in [-0.2, -0.15) is 4.98 Å². The first kappa shape index (κ1) is 16.1. The average molecular weight is 368 g/mol. The molecule has 3 aromatic rings. The normalized spacial score (nSPS) is 11.7. The number of nitrogens with zero attached hydrogens (tertiary/aromatic N) is 4. The zero-order chi connectivity index (χ0) is 16.6. The number of fused-ring (bicyclic) bond motifs is 1. The van der Waals surface area contributed by atoms with Crippen LogP contribution in [0.5, 0.6) is 0 Å². The highest BCUT2D eigenvalue weighted by atomic mass is 35.5. The number of rotatable bonds is 3. The van der Waals surface area contributed by atoms with Gasteiger partial charge in [-0.05, 0) is 37.1 Å². The molecule has 0 spiro atoms. The van der Waals surface area contributed by atoms with Crippen LogP contribution in [0.4, 0.5) is 11.5 Å². The highest BCUT2D eigenvalue weighted by Crippen LogP contribution is 2.41. The molecule has 0 saturated heterocycles. The van der Waals surface area contributed by atoms with Crippen molar-refractivity contribution in [1.82, 2.24) is 19.9 Å². The van der Waals surface area contributed by atoms with Crippen molar-refractivity contribution in [3.8, 4) is 0 Å². The number of halogens is 2. The molecule has 23 heavy (non-hydrogen) atoms. The van der Waals surface area contributed by atoms with Crippen molar-refractivity contribution in [2.24, 2.45) is 0 Å². The SMILES string of the molecule is CP(C)(=O)c1c(Nc2nc(Cl)ncc2Cl)ccc2nccnc12. The van der Waals surface area contributed by atoms with Gasteiger partial charge in [0.15, 0.2) is 5.82 Å². The summed E-state index contributed by atoms with van der Waals surface area (Å²) >= 11 is 11.9. The van der Waals surface area contributed by atoms with Gasteiger partial charge in [-0.25, -0.2) is 4.98 Å². The zero-order valence-corrected chi connectivity index (χ0v) is 14.7. The molecule has 2 aromatic heterocycles. The molecule has 0 unspecified atom stereocenters. The Labute approximate surface area is 142 Å². The molecular weight excluding hydrogens is 356 g/mol. The fourth-order valence-electron chi connectivity index (χ4n) is 2.23. The number of anilines is 2. The first-order chi connectivity index (χ1) is 10.9. The van der Waals surface area contributed by atoms with Gasteiger partial charge in [0, 0.05) is 12.4 Å². The van der Waals surface area contributed by atoms with Crippen molar-refractivity contribution in [3.05, 3.63) is 41.0 Å². The van der Waals surface area contributed by atoms with Gasteiger partial charge >= 0.3 is 0 Å². The Hall–Kier alpha value is -1.75. The maximum absolute atomic E-state index is 12.8. The lowest BCUT2D eigenvalue weighted by molar-refractivity contribution is 0.588. The van der Waals surface area contributed by atoms with Gasteiger partial charge in [-0.1, -0.05) is 11.6 Å². The third-order valence-electron chi connectivity index (χ3n) is 3.12. The van der Waals surface area contributed by atoms with E-state index in [2.05, 4.69) is 25.3 Å². The van der Waals surface area contributed by atoms with Crippen molar-refractivity contribution >= 4 is 58.2 Å². The molecule has 0 aliphatic heterocycles. The highest BCUT2D eigenvalue weighted by molar-refractivity contribution is 7.71. The molecule has 6 nitrogen and oxygen atoms in total. The summed E-state index contributed by atoms with van der Waals surface area (Å²) in [4.78, 5) is 16.4. The van der Waals surface area contributed by atoms with Crippen LogP contribution in [0.15, 0.2) is 30.7 Å². The fourth-order valence-corrected chi connectivity index (χ4v) is 3.89. The van der Waals surface area contributed by atoms with Crippen LogP contribution in [0.3, 0.4) is 0 Å². The lowest BCUT2D eigenvalue weighted by Crippen LogP contribution is -2.13. The van der Waals surface area contributed by atoms with Crippen molar-refractivity contribution < 1.29 is 4.57 Å². The molecule has 0 radical (unpaired) electrons. The number of aromatic nitrogens is 4. The molecule has 118 valence electrons. The molecule has 1 aromatic carbocycles. The van der Waals surface area contributed by atoms with Gasteiger partial charge < -0.3 is 9.88 Å². The Morgan fingerprint density at radius 2 is 1.83 bits per heavy atom. The first-order valence-electron chi connectivity index (χ1n) is 6.60. The predicted octanol–water partition coefficient (Wildman–Crippen LogP) is 3.72. The summed E-state index contributed by atoms with van der Waals surface area (Å²) in [6.45, 7) is 3.35. The number of benzene rings is 1. The molecule has 2 heterocycles. The molecule has 9 heteroatoms. The van der Waals surface area contributed by atoms with Crippen LogP contribution >= 0.6 is 30.3 Å². The second kappa shape index (κ2) is 6.04. The maximum Gasteiger partial charge on any atom is 0.224 e. The van der Waals surface area contributed by atoms with E-state index in [-0.39, 0.29) is 5.28 Å². The standard InChI is InChI=1S/C14H12Cl2N5OP/c1-23(2,22)12-10(4-3-9-11(12)18-6-5-17-9)20-13-8(15)7-19-14(16)21-13/h3-7H,1-2H3,(H,19,20,21). The maximum atomic E-state index is 12.8. The zero-order valence-electron chi connectivity index (χ0n) is 12.3. The quantitative estimate of drug-likeness (QED) is 0.561. The van der Waals surface area contributed by atoms with E-state index in [1.807, 2.05) is 0 Å². The van der Waals surface area contributed by atoms with E-state index in [4.69, 9.17) is 23.2 Å². The molecule has 0 saturated carbocycles. The molecular formula is C14H12Cl2N5OP. The third-order valence-corrected chi connectivity index (χ3v) is 5.11. The van der Waals surface area contributed by atoms with Gasteiger partial charge in [0.05, 0.1) is 22.7 Å². The predicted molar refractivity (Wildman–Crippen MR) is 94.0 cm³/mol. The summed E-state index contributed by atoms with van der Waals surface area (Å²) in [6, 6.07) is 3.57. The summed E-state index contributed by atoms with van der Waals surface area (Å²) < 4.78 is 12.8. The number of hydrogen-bond acceptors (Lipinski definition) is 6. The van der Waals surface area contributed by atoms with E-state index in [0.717, 1.165) is 0 Å². The molecule has 0 aliphatic rings. The molecule has 0 bridgehead atoms. The summed E-state index contributed by atoms with van der Waals surface area (Å²) in [5, 5.41) is 4.04. The Kier molecular flexibility index (Phi) is 4.23. The lowest BCUT2D eigenvalue weighted by atomic mass is 10.2. The van der Waals surface area contributed by atoms with Gasteiger partial charge in [0.2, 0.25) is 5.28 Å². The minimum atomic E-state index is -2.65. The summed E-state index contributed by atoms with van der Waals surface area (Å²) in [6.07, 6.45) is 4.56. The number of hydrogen-bond donors (Lipinski definition) is 1. The molecule has 3 rings (SSSR count). The first-order valence-corrected chi connectivity index (χ1v) is 9.96.